The summed E-state index contributed by atoms with van der Waals surface area (Å²) in [5.74, 6) is -1.76. The maximum Gasteiger partial charge on any atom is 0.338 e. The van der Waals surface area contributed by atoms with E-state index < -0.39 is 24.2 Å². The second-order valence-electron chi connectivity index (χ2n) is 5.64. The molecule has 1 heterocycles. The van der Waals surface area contributed by atoms with Crippen LogP contribution in [0.2, 0.25) is 0 Å². The fraction of sp³-hybridized carbons (Fsp3) is 0.158. The Bertz CT molecular complexity index is 940. The van der Waals surface area contributed by atoms with Crippen LogP contribution in [-0.4, -0.2) is 40.2 Å². The number of rotatable bonds is 7. The van der Waals surface area contributed by atoms with Gasteiger partial charge in [0.1, 0.15) is 12.7 Å². The van der Waals surface area contributed by atoms with E-state index in [0.29, 0.717) is 12.1 Å². The van der Waals surface area contributed by atoms with Crippen LogP contribution in [0.3, 0.4) is 0 Å². The van der Waals surface area contributed by atoms with Crippen LogP contribution in [0.4, 0.5) is 4.39 Å². The van der Waals surface area contributed by atoms with Crippen molar-refractivity contribution in [1.29, 1.82) is 0 Å². The zero-order chi connectivity index (χ0) is 19.2. The lowest BCUT2D eigenvalue weighted by molar-refractivity contribution is 0.0474. The van der Waals surface area contributed by atoms with Gasteiger partial charge >= 0.3 is 5.97 Å². The van der Waals surface area contributed by atoms with Crippen molar-refractivity contribution in [1.82, 2.24) is 14.8 Å². The average Bonchev–Trinajstić information content (AvgIpc) is 3.19. The minimum absolute atomic E-state index is 0.0366. The molecule has 0 spiro atoms. The van der Waals surface area contributed by atoms with E-state index in [0.717, 1.165) is 11.6 Å². The quantitative estimate of drug-likeness (QED) is 0.470. The molecule has 138 valence electrons. The molecule has 7 nitrogen and oxygen atoms in total. The number of aromatic nitrogens is 3. The SMILES string of the molecule is COc1ccc(C(=O)COC(=O)c2ccc(Cn3cncn3)cc2)cc1F. The molecule has 0 atom stereocenters. The lowest BCUT2D eigenvalue weighted by atomic mass is 10.1. The lowest BCUT2D eigenvalue weighted by Gasteiger charge is -2.07. The maximum atomic E-state index is 13.7. The molecule has 3 rings (SSSR count). The number of halogens is 1. The van der Waals surface area contributed by atoms with Crippen LogP contribution >= 0.6 is 0 Å². The Kier molecular flexibility index (Phi) is 5.55. The van der Waals surface area contributed by atoms with Crippen LogP contribution in [0.5, 0.6) is 5.75 Å². The Labute approximate surface area is 154 Å². The fourth-order valence-corrected chi connectivity index (χ4v) is 2.39. The van der Waals surface area contributed by atoms with Crippen LogP contribution in [0.25, 0.3) is 0 Å². The van der Waals surface area contributed by atoms with Crippen molar-refractivity contribution in [2.24, 2.45) is 0 Å². The fourth-order valence-electron chi connectivity index (χ4n) is 2.39. The van der Waals surface area contributed by atoms with Crippen molar-refractivity contribution in [3.63, 3.8) is 0 Å². The summed E-state index contributed by atoms with van der Waals surface area (Å²) in [5, 5.41) is 4.01. The molecule has 0 unspecified atom stereocenters. The van der Waals surface area contributed by atoms with Crippen LogP contribution < -0.4 is 4.74 Å². The van der Waals surface area contributed by atoms with Gasteiger partial charge in [0.05, 0.1) is 19.2 Å². The molecule has 2 aromatic carbocycles. The van der Waals surface area contributed by atoms with Crippen molar-refractivity contribution in [2.45, 2.75) is 6.54 Å². The lowest BCUT2D eigenvalue weighted by Crippen LogP contribution is -2.14. The predicted molar refractivity (Wildman–Crippen MR) is 93.1 cm³/mol. The summed E-state index contributed by atoms with van der Waals surface area (Å²) in [7, 11) is 1.33. The van der Waals surface area contributed by atoms with Gasteiger partial charge in [-0.1, -0.05) is 12.1 Å². The Morgan fingerprint density at radius 1 is 1.11 bits per heavy atom. The van der Waals surface area contributed by atoms with Crippen molar-refractivity contribution in [3.8, 4) is 5.75 Å². The summed E-state index contributed by atoms with van der Waals surface area (Å²) in [6.45, 7) is 0.0438. The molecule has 3 aromatic rings. The first kappa shape index (κ1) is 18.2. The van der Waals surface area contributed by atoms with Crippen molar-refractivity contribution >= 4 is 11.8 Å². The highest BCUT2D eigenvalue weighted by molar-refractivity contribution is 5.99. The minimum atomic E-state index is -0.655. The molecule has 1 aromatic heterocycles. The van der Waals surface area contributed by atoms with Crippen molar-refractivity contribution in [3.05, 3.63) is 77.6 Å². The smallest absolute Gasteiger partial charge is 0.338 e. The Balaban J connectivity index is 1.57. The molecule has 0 aliphatic heterocycles. The number of methoxy groups -OCH3 is 1. The highest BCUT2D eigenvalue weighted by Gasteiger charge is 2.14. The van der Waals surface area contributed by atoms with Gasteiger partial charge < -0.3 is 9.47 Å². The van der Waals surface area contributed by atoms with Crippen LogP contribution in [-0.2, 0) is 11.3 Å². The highest BCUT2D eigenvalue weighted by Crippen LogP contribution is 2.18. The number of ketones is 1. The molecule has 0 aliphatic carbocycles. The number of hydrogen-bond donors (Lipinski definition) is 0. The van der Waals surface area contributed by atoms with E-state index in [1.165, 1.54) is 25.6 Å². The first-order valence-corrected chi connectivity index (χ1v) is 8.02. The largest absolute Gasteiger partial charge is 0.494 e. The van der Waals surface area contributed by atoms with Crippen molar-refractivity contribution < 1.29 is 23.5 Å². The van der Waals surface area contributed by atoms with Gasteiger partial charge in [0.15, 0.2) is 24.0 Å². The molecule has 0 saturated heterocycles. The Morgan fingerprint density at radius 2 is 1.85 bits per heavy atom. The molecule has 0 bridgehead atoms. The van der Waals surface area contributed by atoms with E-state index >= 15 is 0 Å². The van der Waals surface area contributed by atoms with Gasteiger partial charge in [-0.2, -0.15) is 5.10 Å². The molecule has 0 N–H and O–H groups in total. The van der Waals surface area contributed by atoms with Gasteiger partial charge in [-0.25, -0.2) is 18.9 Å². The van der Waals surface area contributed by atoms with Crippen LogP contribution in [0.1, 0.15) is 26.3 Å². The molecular formula is C19H16FN3O4. The number of Topliss-reactive ketones (excluding diaryl/α,β-unsaturated/α-hetero) is 1. The molecule has 0 fully saturated rings. The molecule has 0 aliphatic rings. The number of carbonyl (C=O) groups is 2. The number of benzene rings is 2. The van der Waals surface area contributed by atoms with Crippen LogP contribution in [0, 0.1) is 5.82 Å². The monoisotopic (exact) mass is 369 g/mol. The summed E-state index contributed by atoms with van der Waals surface area (Å²) >= 11 is 0. The second kappa shape index (κ2) is 8.22. The molecular weight excluding hydrogens is 353 g/mol. The van der Waals surface area contributed by atoms with Gasteiger partial charge in [-0.15, -0.1) is 0 Å². The summed E-state index contributed by atoms with van der Waals surface area (Å²) < 4.78 is 25.1. The molecule has 0 saturated carbocycles. The second-order valence-corrected chi connectivity index (χ2v) is 5.64. The summed E-state index contributed by atoms with van der Waals surface area (Å²) in [4.78, 5) is 28.0. The minimum Gasteiger partial charge on any atom is -0.494 e. The summed E-state index contributed by atoms with van der Waals surface area (Å²) in [6.07, 6.45) is 3.03. The topological polar surface area (TPSA) is 83.3 Å². The van der Waals surface area contributed by atoms with Crippen molar-refractivity contribution in [2.75, 3.05) is 13.7 Å². The predicted octanol–water partition coefficient (Wildman–Crippen LogP) is 2.51. The molecule has 0 amide bonds. The molecule has 0 radical (unpaired) electrons. The number of esters is 1. The van der Waals surface area contributed by atoms with Crippen LogP contribution in [0.15, 0.2) is 55.1 Å². The first-order valence-electron chi connectivity index (χ1n) is 8.02. The van der Waals surface area contributed by atoms with E-state index in [1.54, 1.807) is 35.3 Å². The first-order chi connectivity index (χ1) is 13.1. The Morgan fingerprint density at radius 3 is 2.48 bits per heavy atom. The van der Waals surface area contributed by atoms with E-state index in [-0.39, 0.29) is 11.3 Å². The third kappa shape index (κ3) is 4.55. The zero-order valence-corrected chi connectivity index (χ0v) is 14.5. The molecule has 8 heteroatoms. The standard InChI is InChI=1S/C19H16FN3O4/c1-26-18-7-6-15(8-16(18)20)17(24)10-27-19(25)14-4-2-13(3-5-14)9-23-12-21-11-22-23/h2-8,11-12H,9-10H2,1H3. The molecule has 27 heavy (non-hydrogen) atoms. The average molecular weight is 369 g/mol. The van der Waals surface area contributed by atoms with Gasteiger partial charge in [-0.3, -0.25) is 4.79 Å². The van der Waals surface area contributed by atoms with E-state index in [4.69, 9.17) is 9.47 Å². The van der Waals surface area contributed by atoms with Gasteiger partial charge in [0, 0.05) is 5.56 Å². The van der Waals surface area contributed by atoms with Gasteiger partial charge in [-0.05, 0) is 35.9 Å². The van der Waals surface area contributed by atoms with Gasteiger partial charge in [0.25, 0.3) is 0 Å². The highest BCUT2D eigenvalue weighted by atomic mass is 19.1. The normalized spacial score (nSPS) is 10.4. The number of hydrogen-bond acceptors (Lipinski definition) is 6. The zero-order valence-electron chi connectivity index (χ0n) is 14.5. The van der Waals surface area contributed by atoms with E-state index in [2.05, 4.69) is 10.1 Å². The number of ether oxygens (including phenoxy) is 2. The number of carbonyl (C=O) groups excluding carboxylic acids is 2. The maximum absolute atomic E-state index is 13.7. The third-order valence-electron chi connectivity index (χ3n) is 3.81. The van der Waals surface area contributed by atoms with E-state index in [1.807, 2.05) is 0 Å². The summed E-state index contributed by atoms with van der Waals surface area (Å²) in [5.41, 5.74) is 1.34. The van der Waals surface area contributed by atoms with E-state index in [9.17, 15) is 14.0 Å². The number of nitrogens with zero attached hydrogens (tertiary/aromatic N) is 3. The Hall–Kier alpha value is -3.55. The van der Waals surface area contributed by atoms with Gasteiger partial charge in [0.2, 0.25) is 0 Å². The third-order valence-corrected chi connectivity index (χ3v) is 3.81. The summed E-state index contributed by atoms with van der Waals surface area (Å²) in [6, 6.07) is 10.5.